The fourth-order valence-corrected chi connectivity index (χ4v) is 2.17. The lowest BCUT2D eigenvalue weighted by atomic mass is 10.2. The van der Waals surface area contributed by atoms with Crippen molar-refractivity contribution in [1.29, 1.82) is 0 Å². The van der Waals surface area contributed by atoms with E-state index in [1.165, 1.54) is 11.1 Å². The van der Waals surface area contributed by atoms with Gasteiger partial charge >= 0.3 is 0 Å². The van der Waals surface area contributed by atoms with Gasteiger partial charge in [-0.25, -0.2) is 0 Å². The Morgan fingerprint density at radius 2 is 1.91 bits per heavy atom. The number of aryl methyl sites for hydroxylation is 1. The zero-order chi connectivity index (χ0) is 17.0. The second kappa shape index (κ2) is 7.44. The number of anilines is 1. The summed E-state index contributed by atoms with van der Waals surface area (Å²) in [5, 5.41) is 3.42. The number of hydrogen-bond acceptors (Lipinski definition) is 3. The van der Waals surface area contributed by atoms with E-state index in [4.69, 9.17) is 23.2 Å². The van der Waals surface area contributed by atoms with Crippen LogP contribution in [-0.2, 0) is 4.79 Å². The number of halogens is 2. The van der Waals surface area contributed by atoms with Gasteiger partial charge in [0.25, 0.3) is 5.91 Å². The summed E-state index contributed by atoms with van der Waals surface area (Å²) in [5.41, 5.74) is 1.77. The van der Waals surface area contributed by atoms with Crippen LogP contribution in [0.1, 0.15) is 16.1 Å². The highest BCUT2D eigenvalue weighted by Crippen LogP contribution is 2.24. The van der Waals surface area contributed by atoms with Gasteiger partial charge in [0, 0.05) is 24.6 Å². The number of aromatic nitrogens is 1. The first-order chi connectivity index (χ1) is 10.9. The molecule has 7 heteroatoms. The van der Waals surface area contributed by atoms with Crippen LogP contribution in [0.25, 0.3) is 0 Å². The van der Waals surface area contributed by atoms with Gasteiger partial charge in [0.1, 0.15) is 0 Å². The van der Waals surface area contributed by atoms with Crippen molar-refractivity contribution in [3.05, 3.63) is 57.8 Å². The normalized spacial score (nSPS) is 10.3. The first kappa shape index (κ1) is 17.2. The third kappa shape index (κ3) is 4.68. The molecular weight excluding hydrogens is 337 g/mol. The molecule has 0 radical (unpaired) electrons. The molecule has 0 bridgehead atoms. The number of rotatable bonds is 4. The van der Waals surface area contributed by atoms with Crippen LogP contribution >= 0.6 is 23.2 Å². The number of hydrogen-bond donors (Lipinski definition) is 1. The monoisotopic (exact) mass is 351 g/mol. The average Bonchev–Trinajstić information content (AvgIpc) is 2.51. The molecule has 0 saturated heterocycles. The standard InChI is InChI=1S/C16H15Cl2N3O2/c1-10-3-4-11(8-19-10)16(23)21(2)9-15(22)20-12-5-6-13(17)14(18)7-12/h3-8H,9H2,1-2H3,(H,20,22). The van der Waals surface area contributed by atoms with Crippen LogP contribution in [0.2, 0.25) is 10.0 Å². The first-order valence-corrected chi connectivity index (χ1v) is 7.55. The molecule has 2 amide bonds. The van der Waals surface area contributed by atoms with Gasteiger partial charge in [0.2, 0.25) is 5.91 Å². The minimum Gasteiger partial charge on any atom is -0.332 e. The molecule has 0 aliphatic heterocycles. The Morgan fingerprint density at radius 3 is 2.52 bits per heavy atom. The lowest BCUT2D eigenvalue weighted by Gasteiger charge is -2.17. The van der Waals surface area contributed by atoms with Gasteiger partial charge in [0.15, 0.2) is 0 Å². The number of pyridine rings is 1. The Kier molecular flexibility index (Phi) is 5.58. The molecule has 1 heterocycles. The predicted molar refractivity (Wildman–Crippen MR) is 91.0 cm³/mol. The van der Waals surface area contributed by atoms with Crippen molar-refractivity contribution in [3.8, 4) is 0 Å². The van der Waals surface area contributed by atoms with Gasteiger partial charge in [-0.1, -0.05) is 23.2 Å². The van der Waals surface area contributed by atoms with Gasteiger partial charge in [0.05, 0.1) is 22.2 Å². The highest BCUT2D eigenvalue weighted by atomic mass is 35.5. The van der Waals surface area contributed by atoms with E-state index in [1.54, 1.807) is 37.4 Å². The summed E-state index contributed by atoms with van der Waals surface area (Å²) in [7, 11) is 1.55. The summed E-state index contributed by atoms with van der Waals surface area (Å²) in [6.45, 7) is 1.75. The molecule has 0 aliphatic carbocycles. The quantitative estimate of drug-likeness (QED) is 0.917. The van der Waals surface area contributed by atoms with Crippen LogP contribution in [0, 0.1) is 6.92 Å². The Labute approximate surface area is 144 Å². The molecule has 0 saturated carbocycles. The number of benzene rings is 1. The maximum Gasteiger partial charge on any atom is 0.255 e. The summed E-state index contributed by atoms with van der Waals surface area (Å²) < 4.78 is 0. The van der Waals surface area contributed by atoms with Gasteiger partial charge < -0.3 is 10.2 Å². The van der Waals surface area contributed by atoms with Gasteiger partial charge in [-0.05, 0) is 37.3 Å². The molecule has 0 unspecified atom stereocenters. The molecule has 0 fully saturated rings. The van der Waals surface area contributed by atoms with E-state index in [1.807, 2.05) is 6.92 Å². The van der Waals surface area contributed by atoms with Crippen molar-refractivity contribution in [2.45, 2.75) is 6.92 Å². The van der Waals surface area contributed by atoms with Crippen LogP contribution in [0.5, 0.6) is 0 Å². The number of amides is 2. The van der Waals surface area contributed by atoms with Crippen molar-refractivity contribution < 1.29 is 9.59 Å². The van der Waals surface area contributed by atoms with Gasteiger partial charge in [-0.2, -0.15) is 0 Å². The Hall–Kier alpha value is -2.11. The highest BCUT2D eigenvalue weighted by Gasteiger charge is 2.15. The van der Waals surface area contributed by atoms with Crippen LogP contribution in [0.4, 0.5) is 5.69 Å². The molecule has 1 N–H and O–H groups in total. The van der Waals surface area contributed by atoms with Gasteiger partial charge in [-0.15, -0.1) is 0 Å². The SMILES string of the molecule is Cc1ccc(C(=O)N(C)CC(=O)Nc2ccc(Cl)c(Cl)c2)cn1. The van der Waals surface area contributed by atoms with E-state index in [2.05, 4.69) is 10.3 Å². The Bertz CT molecular complexity index is 733. The third-order valence-electron chi connectivity index (χ3n) is 3.09. The summed E-state index contributed by atoms with van der Waals surface area (Å²) in [4.78, 5) is 29.6. The molecule has 0 aliphatic rings. The number of nitrogens with one attached hydrogen (secondary N) is 1. The zero-order valence-corrected chi connectivity index (χ0v) is 14.1. The predicted octanol–water partition coefficient (Wildman–Crippen LogP) is 3.41. The molecule has 1 aromatic carbocycles. The van der Waals surface area contributed by atoms with E-state index in [-0.39, 0.29) is 18.4 Å². The van der Waals surface area contributed by atoms with E-state index >= 15 is 0 Å². The highest BCUT2D eigenvalue weighted by molar-refractivity contribution is 6.42. The average molecular weight is 352 g/mol. The van der Waals surface area contributed by atoms with Crippen LogP contribution in [-0.4, -0.2) is 35.3 Å². The zero-order valence-electron chi connectivity index (χ0n) is 12.6. The van der Waals surface area contributed by atoms with Crippen LogP contribution in [0.15, 0.2) is 36.5 Å². The third-order valence-corrected chi connectivity index (χ3v) is 3.83. The molecule has 1 aromatic heterocycles. The Morgan fingerprint density at radius 1 is 1.17 bits per heavy atom. The summed E-state index contributed by atoms with van der Waals surface area (Å²) in [5.74, 6) is -0.610. The fourth-order valence-electron chi connectivity index (χ4n) is 1.88. The lowest BCUT2D eigenvalue weighted by Crippen LogP contribution is -2.35. The van der Waals surface area contributed by atoms with E-state index in [0.717, 1.165) is 5.69 Å². The molecular formula is C16H15Cl2N3O2. The lowest BCUT2D eigenvalue weighted by molar-refractivity contribution is -0.116. The number of carbonyl (C=O) groups excluding carboxylic acids is 2. The number of nitrogens with zero attached hydrogens (tertiary/aromatic N) is 2. The maximum absolute atomic E-state index is 12.2. The van der Waals surface area contributed by atoms with Crippen LogP contribution < -0.4 is 5.32 Å². The van der Waals surface area contributed by atoms with Crippen LogP contribution in [0.3, 0.4) is 0 Å². The molecule has 5 nitrogen and oxygen atoms in total. The second-order valence-corrected chi connectivity index (χ2v) is 5.84. The molecule has 0 spiro atoms. The molecule has 120 valence electrons. The Balaban J connectivity index is 1.97. The summed E-state index contributed by atoms with van der Waals surface area (Å²) in [6.07, 6.45) is 1.49. The minimum atomic E-state index is -0.334. The number of likely N-dealkylation sites (N-methyl/N-ethyl adjacent to an activating group) is 1. The van der Waals surface area contributed by atoms with Crippen molar-refractivity contribution in [1.82, 2.24) is 9.88 Å². The molecule has 23 heavy (non-hydrogen) atoms. The van der Waals surface area contributed by atoms with E-state index in [0.29, 0.717) is 21.3 Å². The molecule has 2 rings (SSSR count). The maximum atomic E-state index is 12.2. The van der Waals surface area contributed by atoms with E-state index < -0.39 is 0 Å². The molecule has 0 atom stereocenters. The minimum absolute atomic E-state index is 0.0903. The van der Waals surface area contributed by atoms with E-state index in [9.17, 15) is 9.59 Å². The van der Waals surface area contributed by atoms with Gasteiger partial charge in [-0.3, -0.25) is 14.6 Å². The number of carbonyl (C=O) groups is 2. The summed E-state index contributed by atoms with van der Waals surface area (Å²) in [6, 6.07) is 8.20. The topological polar surface area (TPSA) is 62.3 Å². The molecule has 2 aromatic rings. The first-order valence-electron chi connectivity index (χ1n) is 6.80. The fraction of sp³-hybridized carbons (Fsp3) is 0.188. The van der Waals surface area contributed by atoms with Crippen molar-refractivity contribution in [2.24, 2.45) is 0 Å². The summed E-state index contributed by atoms with van der Waals surface area (Å²) >= 11 is 11.7. The second-order valence-electron chi connectivity index (χ2n) is 5.03. The van der Waals surface area contributed by atoms with Crippen molar-refractivity contribution in [3.63, 3.8) is 0 Å². The van der Waals surface area contributed by atoms with Crippen molar-refractivity contribution in [2.75, 3.05) is 18.9 Å². The largest absolute Gasteiger partial charge is 0.332 e. The smallest absolute Gasteiger partial charge is 0.255 e. The van der Waals surface area contributed by atoms with Crippen molar-refractivity contribution >= 4 is 40.7 Å².